The number of fused-ring (bicyclic) bond motifs is 1. The van der Waals surface area contributed by atoms with E-state index in [-0.39, 0.29) is 10.9 Å². The number of hydrogen-bond donors (Lipinski definition) is 3. The van der Waals surface area contributed by atoms with E-state index in [1.165, 1.54) is 35.0 Å². The Hall–Kier alpha value is -3.51. The number of aliphatic carboxylic acids is 1. The lowest BCUT2D eigenvalue weighted by atomic mass is 10.1. The van der Waals surface area contributed by atoms with E-state index in [9.17, 15) is 32.4 Å². The van der Waals surface area contributed by atoms with Gasteiger partial charge in [-0.3, -0.25) is 9.88 Å². The van der Waals surface area contributed by atoms with Crippen LogP contribution in [0.2, 0.25) is 0 Å². The number of pyridine rings is 1. The first-order valence-corrected chi connectivity index (χ1v) is 13.2. The number of aliphatic hydroxyl groups is 1. The molecule has 3 aromatic rings. The quantitative estimate of drug-likeness (QED) is 0.130. The second-order valence-electron chi connectivity index (χ2n) is 8.31. The molecule has 0 radical (unpaired) electrons. The summed E-state index contributed by atoms with van der Waals surface area (Å²) in [6.07, 6.45) is -3.61. The van der Waals surface area contributed by atoms with Crippen molar-refractivity contribution in [1.82, 2.24) is 5.32 Å². The van der Waals surface area contributed by atoms with Crippen LogP contribution in [0.1, 0.15) is 25.1 Å². The summed E-state index contributed by atoms with van der Waals surface area (Å²) >= 11 is 0. The van der Waals surface area contributed by atoms with E-state index in [0.29, 0.717) is 16.7 Å². The largest absolute Gasteiger partial charge is 0.477 e. The summed E-state index contributed by atoms with van der Waals surface area (Å²) in [5, 5.41) is 20.6. The molecule has 0 aliphatic carbocycles. The topological polar surface area (TPSA) is 133 Å². The normalized spacial score (nSPS) is 13.6. The lowest BCUT2D eigenvalue weighted by Gasteiger charge is -2.20. The van der Waals surface area contributed by atoms with Crippen LogP contribution in [0.5, 0.6) is 0 Å². The van der Waals surface area contributed by atoms with Crippen molar-refractivity contribution in [3.05, 3.63) is 64.3 Å². The van der Waals surface area contributed by atoms with Gasteiger partial charge in [0.25, 0.3) is 0 Å². The number of carboxylic acid groups (broad SMARTS) is 1. The van der Waals surface area contributed by atoms with Gasteiger partial charge in [0.1, 0.15) is 12.3 Å². The summed E-state index contributed by atoms with van der Waals surface area (Å²) in [5.41, 5.74) is 1.30. The van der Waals surface area contributed by atoms with Crippen molar-refractivity contribution in [1.29, 1.82) is 0 Å². The summed E-state index contributed by atoms with van der Waals surface area (Å²) in [5.74, 6) is -1.21. The molecule has 0 spiro atoms. The van der Waals surface area contributed by atoms with Gasteiger partial charge in [-0.05, 0) is 44.2 Å². The molecule has 0 saturated carbocycles. The maximum Gasteiger partial charge on any atom is 0.428 e. The Labute approximate surface area is 221 Å². The zero-order valence-electron chi connectivity index (χ0n) is 21.1. The van der Waals surface area contributed by atoms with Crippen LogP contribution in [0.25, 0.3) is 23.1 Å². The van der Waals surface area contributed by atoms with E-state index < -0.39 is 45.3 Å². The smallest absolute Gasteiger partial charge is 0.428 e. The SMILES string of the molecule is CCN(CC)c1ccc2cc(/C=C/c3ccc([PH](=O)OCNC(O)C(F)(F)F)c[n+]3CC(=O)O)c(=O)oc2c1. The molecule has 0 bridgehead atoms. The molecule has 2 atom stereocenters. The summed E-state index contributed by atoms with van der Waals surface area (Å²) in [6, 6.07) is 9.98. The number of aromatic nitrogens is 1. The van der Waals surface area contributed by atoms with E-state index in [2.05, 4.69) is 4.90 Å². The van der Waals surface area contributed by atoms with Crippen molar-refractivity contribution in [3.63, 3.8) is 0 Å². The van der Waals surface area contributed by atoms with Gasteiger partial charge in [0.2, 0.25) is 26.5 Å². The number of carbonyl (C=O) groups is 1. The molecular formula is C25H28F3N3O7P+. The second-order valence-corrected chi connectivity index (χ2v) is 9.75. The van der Waals surface area contributed by atoms with Gasteiger partial charge in [0.15, 0.2) is 6.20 Å². The van der Waals surface area contributed by atoms with Gasteiger partial charge in [-0.25, -0.2) is 9.59 Å². The molecule has 0 aliphatic heterocycles. The number of aliphatic hydroxyl groups excluding tert-OH is 1. The minimum atomic E-state index is -4.92. The highest BCUT2D eigenvalue weighted by Crippen LogP contribution is 2.23. The molecule has 3 rings (SSSR count). The van der Waals surface area contributed by atoms with Gasteiger partial charge in [0, 0.05) is 42.4 Å². The van der Waals surface area contributed by atoms with Crippen LogP contribution in [0.15, 0.2) is 51.8 Å². The average Bonchev–Trinajstić information content (AvgIpc) is 2.87. The molecule has 10 nitrogen and oxygen atoms in total. The highest BCUT2D eigenvalue weighted by Gasteiger charge is 2.38. The lowest BCUT2D eigenvalue weighted by molar-refractivity contribution is -0.686. The van der Waals surface area contributed by atoms with E-state index >= 15 is 0 Å². The number of benzene rings is 1. The van der Waals surface area contributed by atoms with Gasteiger partial charge < -0.3 is 24.1 Å². The van der Waals surface area contributed by atoms with Crippen LogP contribution < -0.4 is 25.7 Å². The van der Waals surface area contributed by atoms with Crippen LogP contribution in [0.4, 0.5) is 18.9 Å². The molecule has 14 heteroatoms. The Morgan fingerprint density at radius 3 is 2.56 bits per heavy atom. The Bertz CT molecular complexity index is 1440. The molecule has 3 N–H and O–H groups in total. The van der Waals surface area contributed by atoms with Crippen LogP contribution in [0, 0.1) is 0 Å². The van der Waals surface area contributed by atoms with E-state index in [4.69, 9.17) is 14.0 Å². The van der Waals surface area contributed by atoms with Crippen LogP contribution in [0.3, 0.4) is 0 Å². The standard InChI is InChI=1S/C25H27F3N3O7P/c1-3-30(4-2)19-8-5-16-11-17(23(34)38-21(16)12-19)6-7-18-9-10-20(13-31(18)14-22(32)33)39(36)37-15-29-24(35)25(26,27)28/h5-13,24,29,35,39H,3-4,14-15H2,1-2H3/p+1. The van der Waals surface area contributed by atoms with E-state index in [0.717, 1.165) is 18.8 Å². The number of halogens is 3. The average molecular weight is 570 g/mol. The highest BCUT2D eigenvalue weighted by atomic mass is 31.1. The Kier molecular flexibility index (Phi) is 10.0. The summed E-state index contributed by atoms with van der Waals surface area (Å²) in [6.45, 7) is 4.24. The summed E-state index contributed by atoms with van der Waals surface area (Å²) < 4.78 is 61.1. The third-order valence-corrected chi connectivity index (χ3v) is 6.87. The zero-order chi connectivity index (χ0) is 28.7. The third-order valence-electron chi connectivity index (χ3n) is 5.70. The number of nitrogens with zero attached hydrogens (tertiary/aromatic N) is 2. The van der Waals surface area contributed by atoms with Gasteiger partial charge >= 0.3 is 17.8 Å². The molecule has 1 aromatic carbocycles. The summed E-state index contributed by atoms with van der Waals surface area (Å²) in [4.78, 5) is 26.1. The van der Waals surface area contributed by atoms with Gasteiger partial charge in [-0.2, -0.15) is 17.7 Å². The number of carboxylic acids is 1. The maximum atomic E-state index is 12.6. The minimum absolute atomic E-state index is 0.0379. The van der Waals surface area contributed by atoms with Gasteiger partial charge in [0.05, 0.1) is 10.9 Å². The molecule has 0 fully saturated rings. The molecule has 2 aromatic heterocycles. The molecule has 0 amide bonds. The number of anilines is 1. The maximum absolute atomic E-state index is 12.6. The predicted octanol–water partition coefficient (Wildman–Crippen LogP) is 2.73. The minimum Gasteiger partial charge on any atom is -0.477 e. The molecule has 0 saturated heterocycles. The van der Waals surface area contributed by atoms with Crippen molar-refractivity contribution in [2.75, 3.05) is 24.7 Å². The molecular weight excluding hydrogens is 542 g/mol. The number of hydrogen-bond acceptors (Lipinski definition) is 8. The Morgan fingerprint density at radius 1 is 1.21 bits per heavy atom. The van der Waals surface area contributed by atoms with E-state index in [1.807, 2.05) is 26.0 Å². The molecule has 2 unspecified atom stereocenters. The van der Waals surface area contributed by atoms with Crippen LogP contribution >= 0.6 is 8.03 Å². The van der Waals surface area contributed by atoms with Gasteiger partial charge in [-0.1, -0.05) is 0 Å². The summed E-state index contributed by atoms with van der Waals surface area (Å²) in [7, 11) is -3.09. The Balaban J connectivity index is 1.83. The van der Waals surface area contributed by atoms with Crippen molar-refractivity contribution < 1.29 is 46.3 Å². The number of nitrogens with one attached hydrogen (secondary N) is 1. The monoisotopic (exact) mass is 570 g/mol. The Morgan fingerprint density at radius 2 is 1.92 bits per heavy atom. The van der Waals surface area contributed by atoms with E-state index in [1.54, 1.807) is 17.4 Å². The third kappa shape index (κ3) is 7.99. The number of rotatable bonds is 12. The second kappa shape index (κ2) is 13.0. The lowest BCUT2D eigenvalue weighted by Crippen LogP contribution is -2.43. The predicted molar refractivity (Wildman–Crippen MR) is 139 cm³/mol. The zero-order valence-corrected chi connectivity index (χ0v) is 22.1. The van der Waals surface area contributed by atoms with Crippen LogP contribution in [-0.4, -0.2) is 48.4 Å². The molecule has 0 aliphatic rings. The van der Waals surface area contributed by atoms with Gasteiger partial charge in [-0.15, -0.1) is 0 Å². The first-order chi connectivity index (χ1) is 18.4. The van der Waals surface area contributed by atoms with Crippen molar-refractivity contribution in [3.8, 4) is 0 Å². The highest BCUT2D eigenvalue weighted by molar-refractivity contribution is 7.48. The van der Waals surface area contributed by atoms with Crippen molar-refractivity contribution >= 4 is 48.1 Å². The van der Waals surface area contributed by atoms with Crippen molar-refractivity contribution in [2.45, 2.75) is 32.8 Å². The molecule has 210 valence electrons. The first-order valence-electron chi connectivity index (χ1n) is 11.8. The molecule has 39 heavy (non-hydrogen) atoms. The number of alkyl halides is 3. The van der Waals surface area contributed by atoms with Crippen molar-refractivity contribution in [2.24, 2.45) is 0 Å². The molecule has 2 heterocycles. The van der Waals surface area contributed by atoms with Crippen LogP contribution in [-0.2, 0) is 20.4 Å². The fourth-order valence-corrected chi connectivity index (χ4v) is 4.55. The fourth-order valence-electron chi connectivity index (χ4n) is 3.69. The fraction of sp³-hybridized carbons (Fsp3) is 0.320. The first kappa shape index (κ1) is 30.0.